The fourth-order valence-corrected chi connectivity index (χ4v) is 2.12. The maximum Gasteiger partial charge on any atom is 0.115 e. The number of aromatic nitrogens is 2. The van der Waals surface area contributed by atoms with Gasteiger partial charge in [-0.3, -0.25) is 0 Å². The van der Waals surface area contributed by atoms with E-state index in [-0.39, 0.29) is 6.04 Å². The Kier molecular flexibility index (Phi) is 3.94. The Morgan fingerprint density at radius 2 is 1.71 bits per heavy atom. The SMILES string of the molecule is NC(Cc1c(Cl)cccc1Cl)c1cncnc1. The van der Waals surface area contributed by atoms with E-state index >= 15 is 0 Å². The van der Waals surface area contributed by atoms with Gasteiger partial charge in [-0.15, -0.1) is 0 Å². The molecule has 0 fully saturated rings. The highest BCUT2D eigenvalue weighted by atomic mass is 35.5. The number of halogens is 2. The van der Waals surface area contributed by atoms with Crippen LogP contribution < -0.4 is 5.73 Å². The Hall–Kier alpha value is -1.16. The predicted molar refractivity (Wildman–Crippen MR) is 69.1 cm³/mol. The van der Waals surface area contributed by atoms with E-state index in [2.05, 4.69) is 9.97 Å². The van der Waals surface area contributed by atoms with E-state index in [0.29, 0.717) is 16.5 Å². The average Bonchev–Trinajstić information content (AvgIpc) is 2.35. The molecule has 0 saturated heterocycles. The highest BCUT2D eigenvalue weighted by Crippen LogP contribution is 2.28. The zero-order chi connectivity index (χ0) is 12.3. The summed E-state index contributed by atoms with van der Waals surface area (Å²) in [5, 5.41) is 1.26. The first-order chi connectivity index (χ1) is 8.18. The van der Waals surface area contributed by atoms with E-state index in [4.69, 9.17) is 28.9 Å². The van der Waals surface area contributed by atoms with Crippen molar-refractivity contribution in [3.63, 3.8) is 0 Å². The van der Waals surface area contributed by atoms with Gasteiger partial charge in [0.05, 0.1) is 0 Å². The monoisotopic (exact) mass is 267 g/mol. The first kappa shape index (κ1) is 12.3. The lowest BCUT2D eigenvalue weighted by molar-refractivity contribution is 0.713. The van der Waals surface area contributed by atoms with Crippen molar-refractivity contribution in [2.45, 2.75) is 12.5 Å². The van der Waals surface area contributed by atoms with Crippen LogP contribution in [-0.2, 0) is 6.42 Å². The van der Waals surface area contributed by atoms with Crippen LogP contribution in [0.3, 0.4) is 0 Å². The van der Waals surface area contributed by atoms with Crippen LogP contribution in [0.15, 0.2) is 36.9 Å². The molecular formula is C12H11Cl2N3. The van der Waals surface area contributed by atoms with Crippen LogP contribution in [-0.4, -0.2) is 9.97 Å². The first-order valence-corrected chi connectivity index (χ1v) is 5.87. The lowest BCUT2D eigenvalue weighted by Crippen LogP contribution is -2.14. The van der Waals surface area contributed by atoms with Gasteiger partial charge in [-0.1, -0.05) is 29.3 Å². The van der Waals surface area contributed by atoms with Crippen molar-refractivity contribution in [2.75, 3.05) is 0 Å². The van der Waals surface area contributed by atoms with Crippen molar-refractivity contribution in [2.24, 2.45) is 5.73 Å². The smallest absolute Gasteiger partial charge is 0.115 e. The molecule has 0 aliphatic rings. The molecule has 0 saturated carbocycles. The lowest BCUT2D eigenvalue weighted by atomic mass is 10.0. The van der Waals surface area contributed by atoms with E-state index in [1.165, 1.54) is 6.33 Å². The first-order valence-electron chi connectivity index (χ1n) is 5.12. The summed E-state index contributed by atoms with van der Waals surface area (Å²) < 4.78 is 0. The normalized spacial score (nSPS) is 12.4. The second-order valence-electron chi connectivity index (χ2n) is 3.68. The summed E-state index contributed by atoms with van der Waals surface area (Å²) in [6.45, 7) is 0. The van der Waals surface area contributed by atoms with Crippen molar-refractivity contribution in [1.82, 2.24) is 9.97 Å². The Labute approximate surface area is 110 Å². The molecular weight excluding hydrogens is 257 g/mol. The molecule has 1 heterocycles. The molecule has 1 unspecified atom stereocenters. The molecule has 2 aromatic rings. The van der Waals surface area contributed by atoms with Crippen molar-refractivity contribution in [3.05, 3.63) is 58.1 Å². The number of nitrogens with two attached hydrogens (primary N) is 1. The van der Waals surface area contributed by atoms with Gasteiger partial charge in [-0.2, -0.15) is 0 Å². The molecule has 0 spiro atoms. The third-order valence-electron chi connectivity index (χ3n) is 2.49. The summed E-state index contributed by atoms with van der Waals surface area (Å²) in [6, 6.07) is 5.20. The average molecular weight is 268 g/mol. The van der Waals surface area contributed by atoms with Gasteiger partial charge in [0, 0.05) is 34.0 Å². The van der Waals surface area contributed by atoms with Gasteiger partial charge in [-0.05, 0) is 24.1 Å². The minimum atomic E-state index is -0.214. The van der Waals surface area contributed by atoms with Crippen molar-refractivity contribution < 1.29 is 0 Å². The molecule has 88 valence electrons. The second kappa shape index (κ2) is 5.45. The van der Waals surface area contributed by atoms with Crippen LogP contribution in [0.4, 0.5) is 0 Å². The molecule has 17 heavy (non-hydrogen) atoms. The van der Waals surface area contributed by atoms with Gasteiger partial charge < -0.3 is 5.73 Å². The van der Waals surface area contributed by atoms with Gasteiger partial charge in [0.1, 0.15) is 6.33 Å². The zero-order valence-electron chi connectivity index (χ0n) is 8.98. The van der Waals surface area contributed by atoms with Crippen LogP contribution in [0.5, 0.6) is 0 Å². The van der Waals surface area contributed by atoms with Crippen LogP contribution in [0.2, 0.25) is 10.0 Å². The minimum absolute atomic E-state index is 0.214. The van der Waals surface area contributed by atoms with Crippen LogP contribution in [0, 0.1) is 0 Å². The number of nitrogens with zero attached hydrogens (tertiary/aromatic N) is 2. The van der Waals surface area contributed by atoms with Crippen LogP contribution in [0.1, 0.15) is 17.2 Å². The van der Waals surface area contributed by atoms with E-state index < -0.39 is 0 Å². The molecule has 0 radical (unpaired) electrons. The van der Waals surface area contributed by atoms with Crippen molar-refractivity contribution >= 4 is 23.2 Å². The third-order valence-corrected chi connectivity index (χ3v) is 3.20. The molecule has 1 atom stereocenters. The molecule has 0 aliphatic heterocycles. The molecule has 2 rings (SSSR count). The van der Waals surface area contributed by atoms with Crippen LogP contribution >= 0.6 is 23.2 Å². The highest BCUT2D eigenvalue weighted by molar-refractivity contribution is 6.36. The molecule has 2 N–H and O–H groups in total. The van der Waals surface area contributed by atoms with Crippen molar-refractivity contribution in [1.29, 1.82) is 0 Å². The van der Waals surface area contributed by atoms with Gasteiger partial charge >= 0.3 is 0 Å². The minimum Gasteiger partial charge on any atom is -0.324 e. The quantitative estimate of drug-likeness (QED) is 0.930. The topological polar surface area (TPSA) is 51.8 Å². The maximum atomic E-state index is 6.09. The summed E-state index contributed by atoms with van der Waals surface area (Å²) in [7, 11) is 0. The molecule has 5 heteroatoms. The Balaban J connectivity index is 2.22. The number of hydrogen-bond donors (Lipinski definition) is 1. The number of hydrogen-bond acceptors (Lipinski definition) is 3. The second-order valence-corrected chi connectivity index (χ2v) is 4.50. The standard InChI is InChI=1S/C12H11Cl2N3/c13-10-2-1-3-11(14)9(10)4-12(15)8-5-16-7-17-6-8/h1-3,5-7,12H,4,15H2. The molecule has 0 bridgehead atoms. The summed E-state index contributed by atoms with van der Waals surface area (Å²) in [5.41, 5.74) is 7.79. The van der Waals surface area contributed by atoms with E-state index in [0.717, 1.165) is 11.1 Å². The highest BCUT2D eigenvalue weighted by Gasteiger charge is 2.12. The molecule has 1 aromatic carbocycles. The fourth-order valence-electron chi connectivity index (χ4n) is 1.57. The van der Waals surface area contributed by atoms with E-state index in [1.807, 2.05) is 6.07 Å². The predicted octanol–water partition coefficient (Wildman–Crippen LogP) is 3.03. The Morgan fingerprint density at radius 1 is 1.12 bits per heavy atom. The van der Waals surface area contributed by atoms with Gasteiger partial charge in [0.25, 0.3) is 0 Å². The van der Waals surface area contributed by atoms with Crippen molar-refractivity contribution in [3.8, 4) is 0 Å². The summed E-state index contributed by atoms with van der Waals surface area (Å²) >= 11 is 12.2. The van der Waals surface area contributed by atoms with E-state index in [9.17, 15) is 0 Å². The van der Waals surface area contributed by atoms with E-state index in [1.54, 1.807) is 24.5 Å². The van der Waals surface area contributed by atoms with Gasteiger partial charge in [0.15, 0.2) is 0 Å². The van der Waals surface area contributed by atoms with Gasteiger partial charge in [0.2, 0.25) is 0 Å². The maximum absolute atomic E-state index is 6.09. The number of benzene rings is 1. The zero-order valence-corrected chi connectivity index (χ0v) is 10.5. The third kappa shape index (κ3) is 2.94. The molecule has 0 amide bonds. The number of rotatable bonds is 3. The summed E-state index contributed by atoms with van der Waals surface area (Å²) in [5.74, 6) is 0. The Morgan fingerprint density at radius 3 is 2.29 bits per heavy atom. The molecule has 1 aromatic heterocycles. The molecule has 3 nitrogen and oxygen atoms in total. The summed E-state index contributed by atoms with van der Waals surface area (Å²) in [4.78, 5) is 7.87. The fraction of sp³-hybridized carbons (Fsp3) is 0.167. The van der Waals surface area contributed by atoms with Gasteiger partial charge in [-0.25, -0.2) is 9.97 Å². The molecule has 0 aliphatic carbocycles. The largest absolute Gasteiger partial charge is 0.324 e. The lowest BCUT2D eigenvalue weighted by Gasteiger charge is -2.13. The Bertz CT molecular complexity index is 482. The van der Waals surface area contributed by atoms with Crippen LogP contribution in [0.25, 0.3) is 0 Å². The summed E-state index contributed by atoms with van der Waals surface area (Å²) in [6.07, 6.45) is 5.43.